The number of esters is 2. The van der Waals surface area contributed by atoms with Crippen LogP contribution in [0.5, 0.6) is 0 Å². The molecule has 0 bridgehead atoms. The molecule has 12 heteroatoms. The third kappa shape index (κ3) is 38.6. The van der Waals surface area contributed by atoms with Crippen LogP contribution < -0.4 is 15.7 Å². The van der Waals surface area contributed by atoms with Crippen molar-refractivity contribution in [3.05, 3.63) is 36.5 Å². The summed E-state index contributed by atoms with van der Waals surface area (Å²) in [5.41, 5.74) is 3.24. The van der Waals surface area contributed by atoms with Gasteiger partial charge in [-0.3, -0.25) is 14.2 Å². The Hall–Kier alpha value is -2.30. The van der Waals surface area contributed by atoms with Gasteiger partial charge in [-0.1, -0.05) is 147 Å². The van der Waals surface area contributed by atoms with Crippen LogP contribution in [0.1, 0.15) is 194 Å². The number of allylic oxidation sites excluding steroid dienone is 6. The van der Waals surface area contributed by atoms with Crippen LogP contribution in [-0.4, -0.2) is 49.9 Å². The average Bonchev–Trinajstić information content (AvgIpc) is 3.17. The summed E-state index contributed by atoms with van der Waals surface area (Å²) < 4.78 is 32.3. The minimum Gasteiger partial charge on any atom is -0.756 e. The molecule has 11 nitrogen and oxygen atoms in total. The largest absolute Gasteiger partial charge is 0.756 e. The highest BCUT2D eigenvalue weighted by Gasteiger charge is 2.22. The van der Waals surface area contributed by atoms with Crippen LogP contribution in [0.4, 0.5) is 0 Å². The second-order valence-corrected chi connectivity index (χ2v) is 16.3. The maximum absolute atomic E-state index is 12.6. The van der Waals surface area contributed by atoms with E-state index in [-0.39, 0.29) is 19.4 Å². The zero-order valence-corrected chi connectivity index (χ0v) is 36.2. The van der Waals surface area contributed by atoms with Crippen molar-refractivity contribution >= 4 is 25.7 Å². The molecule has 1 unspecified atom stereocenters. The number of unbranched alkanes of at least 4 members (excludes halogenated alkanes) is 21. The van der Waals surface area contributed by atoms with Gasteiger partial charge in [0.25, 0.3) is 7.82 Å². The Morgan fingerprint density at radius 1 is 0.554 bits per heavy atom. The van der Waals surface area contributed by atoms with Crippen molar-refractivity contribution in [2.24, 2.45) is 0 Å². The van der Waals surface area contributed by atoms with E-state index in [1.807, 2.05) is 0 Å². The zero-order valence-electron chi connectivity index (χ0n) is 35.3. The van der Waals surface area contributed by atoms with E-state index < -0.39 is 51.1 Å². The molecule has 56 heavy (non-hydrogen) atoms. The molecule has 0 aromatic heterocycles. The number of carboxylic acids is 1. The Morgan fingerprint density at radius 2 is 0.946 bits per heavy atom. The number of ether oxygens (including phenoxy) is 2. The van der Waals surface area contributed by atoms with Gasteiger partial charge in [-0.25, -0.2) is 0 Å². The standard InChI is InChI=1S/C44H80NO10P/c1-3-5-7-9-11-13-15-17-19-20-22-23-25-27-29-31-33-35-42(46)52-37-40(38-53-56(50,51)54-39-41(45)44(48)49)55-43(47)36-34-32-30-28-26-24-21-18-16-14-12-10-8-6-4-2/h12,14,17-19,21,40-41H,3-11,13,15-16,20,22-39,45H2,1-2H3,(H,48,49)(H,50,51)/p-1/b14-12-,19-17-,21-18-/t40-,41+/m1/s1. The van der Waals surface area contributed by atoms with Crippen molar-refractivity contribution in [1.82, 2.24) is 0 Å². The van der Waals surface area contributed by atoms with Crippen molar-refractivity contribution < 1.29 is 53.2 Å². The van der Waals surface area contributed by atoms with Crippen LogP contribution in [0.2, 0.25) is 0 Å². The monoisotopic (exact) mass is 813 g/mol. The molecule has 0 rings (SSSR count). The topological polar surface area (TPSA) is 179 Å². The number of rotatable bonds is 41. The summed E-state index contributed by atoms with van der Waals surface area (Å²) >= 11 is 0. The Labute approximate surface area is 340 Å². The van der Waals surface area contributed by atoms with E-state index >= 15 is 0 Å². The maximum Gasteiger partial charge on any atom is 0.306 e. The maximum atomic E-state index is 12.6. The molecular weight excluding hydrogens is 733 g/mol. The van der Waals surface area contributed by atoms with E-state index in [1.54, 1.807) is 0 Å². The van der Waals surface area contributed by atoms with E-state index in [9.17, 15) is 28.9 Å². The van der Waals surface area contributed by atoms with Gasteiger partial charge in [0.15, 0.2) is 6.10 Å². The predicted molar refractivity (Wildman–Crippen MR) is 220 cm³/mol. The van der Waals surface area contributed by atoms with Crippen LogP contribution in [0.15, 0.2) is 36.5 Å². The summed E-state index contributed by atoms with van der Waals surface area (Å²) in [6, 6.07) is -1.42. The van der Waals surface area contributed by atoms with Crippen LogP contribution in [0, 0.1) is 0 Å². The second kappa shape index (κ2) is 39.5. The molecule has 3 N–H and O–H groups in total. The van der Waals surface area contributed by atoms with Crippen LogP contribution in [-0.2, 0) is 37.5 Å². The van der Waals surface area contributed by atoms with Crippen LogP contribution >= 0.6 is 7.82 Å². The number of hydrogen-bond acceptors (Lipinski definition) is 10. The normalized spacial score (nSPS) is 14.1. The number of quaternary nitrogens is 1. The van der Waals surface area contributed by atoms with Gasteiger partial charge in [-0.05, 0) is 70.6 Å². The van der Waals surface area contributed by atoms with Crippen LogP contribution in [0.3, 0.4) is 0 Å². The van der Waals surface area contributed by atoms with Crippen molar-refractivity contribution in [2.75, 3.05) is 19.8 Å². The van der Waals surface area contributed by atoms with E-state index in [0.29, 0.717) is 12.8 Å². The lowest BCUT2D eigenvalue weighted by atomic mass is 10.1. The molecule has 0 saturated carbocycles. The summed E-state index contributed by atoms with van der Waals surface area (Å²) in [4.78, 5) is 48.1. The molecule has 0 radical (unpaired) electrons. The summed E-state index contributed by atoms with van der Waals surface area (Å²) in [5, 5.41) is 10.8. The molecule has 0 fully saturated rings. The lowest BCUT2D eigenvalue weighted by molar-refractivity contribution is -0.441. The fourth-order valence-electron chi connectivity index (χ4n) is 5.85. The van der Waals surface area contributed by atoms with Gasteiger partial charge in [-0.2, -0.15) is 0 Å². The molecule has 0 saturated heterocycles. The molecule has 0 aliphatic carbocycles. The first-order valence-corrected chi connectivity index (χ1v) is 23.5. The number of carbonyl (C=O) groups excluding carboxylic acids is 3. The third-order valence-electron chi connectivity index (χ3n) is 9.39. The molecule has 3 atom stereocenters. The van der Waals surface area contributed by atoms with Gasteiger partial charge >= 0.3 is 11.9 Å². The minimum atomic E-state index is -4.96. The van der Waals surface area contributed by atoms with Crippen molar-refractivity contribution in [3.8, 4) is 0 Å². The summed E-state index contributed by atoms with van der Waals surface area (Å²) in [6.45, 7) is 2.66. The molecule has 0 aliphatic heterocycles. The SMILES string of the molecule is CCCCC/C=C\C/C=C\CCCCCCCC(=O)O[C@H](COC(=O)CCCCCCCCC/C=C\CCCCCCCC)COP(=O)([O-])OC[C@H]([NH3+])C(=O)[O-]. The first kappa shape index (κ1) is 53.7. The lowest BCUT2D eigenvalue weighted by Gasteiger charge is -2.26. The molecule has 0 aromatic carbocycles. The zero-order chi connectivity index (χ0) is 41.4. The lowest BCUT2D eigenvalue weighted by Crippen LogP contribution is -2.70. The van der Waals surface area contributed by atoms with Gasteiger partial charge in [0.05, 0.1) is 6.61 Å². The van der Waals surface area contributed by atoms with Crippen molar-refractivity contribution in [1.29, 1.82) is 0 Å². The van der Waals surface area contributed by atoms with Crippen molar-refractivity contribution in [3.63, 3.8) is 0 Å². The van der Waals surface area contributed by atoms with Gasteiger partial charge in [0, 0.05) is 12.8 Å². The molecule has 0 amide bonds. The summed E-state index contributed by atoms with van der Waals surface area (Å²) in [7, 11) is -4.96. The van der Waals surface area contributed by atoms with Gasteiger partial charge in [0.2, 0.25) is 0 Å². The number of carbonyl (C=O) groups is 3. The molecular formula is C44H79NO10P-. The number of carboxylic acid groups (broad SMARTS) is 1. The third-order valence-corrected chi connectivity index (χ3v) is 10.3. The first-order chi connectivity index (χ1) is 27.1. The number of phosphoric ester groups is 1. The molecule has 0 spiro atoms. The molecule has 0 aromatic rings. The van der Waals surface area contributed by atoms with Crippen LogP contribution in [0.25, 0.3) is 0 Å². The van der Waals surface area contributed by atoms with E-state index in [1.165, 1.54) is 83.5 Å². The summed E-state index contributed by atoms with van der Waals surface area (Å²) in [6.07, 6.45) is 41.8. The Bertz CT molecular complexity index is 1100. The number of phosphoric acid groups is 1. The number of aliphatic carboxylic acids is 1. The van der Waals surface area contributed by atoms with Crippen molar-refractivity contribution in [2.45, 2.75) is 206 Å². The predicted octanol–water partition coefficient (Wildman–Crippen LogP) is 8.93. The van der Waals surface area contributed by atoms with Gasteiger partial charge in [0.1, 0.15) is 25.2 Å². The Balaban J connectivity index is 4.37. The highest BCUT2D eigenvalue weighted by molar-refractivity contribution is 7.45. The molecule has 326 valence electrons. The highest BCUT2D eigenvalue weighted by atomic mass is 31.2. The number of hydrogen-bond donors (Lipinski definition) is 1. The van der Waals surface area contributed by atoms with E-state index in [2.05, 4.69) is 60.6 Å². The fraction of sp³-hybridized carbons (Fsp3) is 0.795. The fourth-order valence-corrected chi connectivity index (χ4v) is 6.64. The first-order valence-electron chi connectivity index (χ1n) is 22.0. The quantitative estimate of drug-likeness (QED) is 0.0271. The Morgan fingerprint density at radius 3 is 1.45 bits per heavy atom. The average molecular weight is 813 g/mol. The van der Waals surface area contributed by atoms with Gasteiger partial charge in [-0.15, -0.1) is 0 Å². The summed E-state index contributed by atoms with van der Waals surface area (Å²) in [5.74, 6) is -2.60. The Kier molecular flexibility index (Phi) is 37.9. The van der Waals surface area contributed by atoms with E-state index in [4.69, 9.17) is 14.0 Å². The minimum absolute atomic E-state index is 0.130. The van der Waals surface area contributed by atoms with Gasteiger partial charge < -0.3 is 39.0 Å². The molecule has 0 aliphatic rings. The second-order valence-electron chi connectivity index (χ2n) is 14.9. The highest BCUT2D eigenvalue weighted by Crippen LogP contribution is 2.38. The molecule has 0 heterocycles. The smallest absolute Gasteiger partial charge is 0.306 e. The van der Waals surface area contributed by atoms with E-state index in [0.717, 1.165) is 70.6 Å².